The van der Waals surface area contributed by atoms with E-state index < -0.39 is 0 Å². The Morgan fingerprint density at radius 1 is 1.05 bits per heavy atom. The summed E-state index contributed by atoms with van der Waals surface area (Å²) in [5, 5.41) is 3.37. The molecule has 3 heterocycles. The number of hydrogen-bond acceptors (Lipinski definition) is 5. The van der Waals surface area contributed by atoms with Crippen molar-refractivity contribution in [1.82, 2.24) is 20.0 Å². The molecule has 0 aromatic carbocycles. The normalized spacial score (nSPS) is 32.4. The van der Waals surface area contributed by atoms with Crippen LogP contribution < -0.4 is 5.32 Å². The Kier molecular flexibility index (Phi) is 4.71. The Labute approximate surface area is 116 Å². The fourth-order valence-electron chi connectivity index (χ4n) is 3.31. The molecule has 1 N–H and O–H groups in total. The summed E-state index contributed by atoms with van der Waals surface area (Å²) in [5.74, 6) is 0. The molecule has 3 fully saturated rings. The van der Waals surface area contributed by atoms with Gasteiger partial charge in [0.05, 0.1) is 12.7 Å². The summed E-state index contributed by atoms with van der Waals surface area (Å²) < 4.78 is 5.91. The lowest BCUT2D eigenvalue weighted by atomic mass is 10.1. The molecule has 5 heteroatoms. The molecule has 0 aromatic heterocycles. The highest BCUT2D eigenvalue weighted by Gasteiger charge is 2.29. The third-order valence-corrected chi connectivity index (χ3v) is 4.82. The minimum absolute atomic E-state index is 0.422. The first-order valence-corrected chi connectivity index (χ1v) is 7.86. The van der Waals surface area contributed by atoms with Crippen molar-refractivity contribution in [3.8, 4) is 0 Å². The highest BCUT2D eigenvalue weighted by atomic mass is 16.5. The van der Waals surface area contributed by atoms with Crippen LogP contribution in [0.5, 0.6) is 0 Å². The molecule has 3 rings (SSSR count). The van der Waals surface area contributed by atoms with Crippen LogP contribution in [0.4, 0.5) is 0 Å². The molecule has 1 unspecified atom stereocenters. The number of piperazine rings is 1. The Morgan fingerprint density at radius 2 is 1.84 bits per heavy atom. The number of ether oxygens (including phenoxy) is 1. The Morgan fingerprint density at radius 3 is 2.47 bits per heavy atom. The molecule has 3 saturated heterocycles. The van der Waals surface area contributed by atoms with Crippen molar-refractivity contribution in [2.45, 2.75) is 19.1 Å². The number of rotatable bonds is 4. The second kappa shape index (κ2) is 6.50. The van der Waals surface area contributed by atoms with Gasteiger partial charge in [-0.15, -0.1) is 0 Å². The van der Waals surface area contributed by atoms with Crippen LogP contribution in [0, 0.1) is 0 Å². The molecule has 1 atom stereocenters. The largest absolute Gasteiger partial charge is 0.374 e. The fourth-order valence-corrected chi connectivity index (χ4v) is 3.31. The molecule has 3 aliphatic rings. The van der Waals surface area contributed by atoms with E-state index in [4.69, 9.17) is 4.74 Å². The number of morpholine rings is 1. The average molecular weight is 268 g/mol. The van der Waals surface area contributed by atoms with Gasteiger partial charge >= 0.3 is 0 Å². The van der Waals surface area contributed by atoms with Gasteiger partial charge in [-0.25, -0.2) is 0 Å². The van der Waals surface area contributed by atoms with Crippen molar-refractivity contribution >= 4 is 0 Å². The first-order valence-electron chi connectivity index (χ1n) is 7.86. The summed E-state index contributed by atoms with van der Waals surface area (Å²) in [5.41, 5.74) is 0. The zero-order valence-corrected chi connectivity index (χ0v) is 12.2. The third-order valence-electron chi connectivity index (χ3n) is 4.82. The first-order chi connectivity index (χ1) is 9.35. The van der Waals surface area contributed by atoms with Gasteiger partial charge in [0.1, 0.15) is 0 Å². The van der Waals surface area contributed by atoms with Gasteiger partial charge in [-0.2, -0.15) is 0 Å². The predicted octanol–water partition coefficient (Wildman–Crippen LogP) is -0.703. The lowest BCUT2D eigenvalue weighted by Crippen LogP contribution is -2.62. The van der Waals surface area contributed by atoms with Gasteiger partial charge in [0.2, 0.25) is 0 Å². The van der Waals surface area contributed by atoms with Crippen LogP contribution in [0.25, 0.3) is 0 Å². The molecule has 5 nitrogen and oxygen atoms in total. The van der Waals surface area contributed by atoms with Crippen LogP contribution in [0.2, 0.25) is 0 Å². The molecule has 19 heavy (non-hydrogen) atoms. The van der Waals surface area contributed by atoms with Crippen molar-refractivity contribution < 1.29 is 4.74 Å². The highest BCUT2D eigenvalue weighted by molar-refractivity contribution is 4.88. The van der Waals surface area contributed by atoms with Gasteiger partial charge in [0.15, 0.2) is 0 Å². The van der Waals surface area contributed by atoms with Crippen molar-refractivity contribution in [2.24, 2.45) is 0 Å². The van der Waals surface area contributed by atoms with Crippen molar-refractivity contribution in [2.75, 3.05) is 72.1 Å². The van der Waals surface area contributed by atoms with Gasteiger partial charge < -0.3 is 10.1 Å². The molecule has 110 valence electrons. The second-order valence-corrected chi connectivity index (χ2v) is 6.03. The van der Waals surface area contributed by atoms with Crippen molar-refractivity contribution in [3.05, 3.63) is 0 Å². The maximum Gasteiger partial charge on any atom is 0.0829 e. The van der Waals surface area contributed by atoms with Crippen molar-refractivity contribution in [3.63, 3.8) is 0 Å². The minimum atomic E-state index is 0.422. The molecule has 3 aliphatic heterocycles. The maximum atomic E-state index is 5.91. The standard InChI is InChI=1S/C14H28N4O/c1-2-16-7-8-19-14(11-16)12-17-3-5-18(6-4-17)13-9-15-10-13/h13-15H,2-12H2,1H3. The predicted molar refractivity (Wildman–Crippen MR) is 76.5 cm³/mol. The van der Waals surface area contributed by atoms with Crippen LogP contribution in [0.3, 0.4) is 0 Å². The topological polar surface area (TPSA) is 31.0 Å². The van der Waals surface area contributed by atoms with Crippen molar-refractivity contribution in [1.29, 1.82) is 0 Å². The quantitative estimate of drug-likeness (QED) is 0.728. The molecule has 0 aliphatic carbocycles. The van der Waals surface area contributed by atoms with E-state index in [2.05, 4.69) is 26.9 Å². The van der Waals surface area contributed by atoms with Gasteiger partial charge in [0, 0.05) is 64.9 Å². The van der Waals surface area contributed by atoms with E-state index in [1.165, 1.54) is 39.3 Å². The monoisotopic (exact) mass is 268 g/mol. The van der Waals surface area contributed by atoms with E-state index >= 15 is 0 Å². The summed E-state index contributed by atoms with van der Waals surface area (Å²) in [6.07, 6.45) is 0.422. The average Bonchev–Trinajstić information content (AvgIpc) is 2.39. The Bertz CT molecular complexity index is 277. The van der Waals surface area contributed by atoms with Crippen LogP contribution in [-0.4, -0.2) is 98.9 Å². The van der Waals surface area contributed by atoms with E-state index in [0.29, 0.717) is 6.10 Å². The molecular formula is C14H28N4O. The third kappa shape index (κ3) is 3.47. The molecular weight excluding hydrogens is 240 g/mol. The number of likely N-dealkylation sites (N-methyl/N-ethyl adjacent to an activating group) is 1. The highest BCUT2D eigenvalue weighted by Crippen LogP contribution is 2.12. The molecule has 0 spiro atoms. The molecule has 0 amide bonds. The SMILES string of the molecule is CCN1CCOC(CN2CCN(C3CNC3)CC2)C1. The number of nitrogens with one attached hydrogen (secondary N) is 1. The van der Waals surface area contributed by atoms with Crippen LogP contribution in [0.1, 0.15) is 6.92 Å². The molecule has 0 bridgehead atoms. The first kappa shape index (κ1) is 13.8. The number of nitrogens with zero attached hydrogens (tertiary/aromatic N) is 3. The summed E-state index contributed by atoms with van der Waals surface area (Å²) in [4.78, 5) is 7.74. The van der Waals surface area contributed by atoms with Crippen LogP contribution >= 0.6 is 0 Å². The lowest BCUT2D eigenvalue weighted by molar-refractivity contribution is -0.0491. The Hall–Kier alpha value is -0.200. The zero-order valence-electron chi connectivity index (χ0n) is 12.2. The van der Waals surface area contributed by atoms with E-state index in [-0.39, 0.29) is 0 Å². The van der Waals surface area contributed by atoms with E-state index in [1.54, 1.807) is 0 Å². The summed E-state index contributed by atoms with van der Waals surface area (Å²) in [7, 11) is 0. The maximum absolute atomic E-state index is 5.91. The van der Waals surface area contributed by atoms with Crippen LogP contribution in [0.15, 0.2) is 0 Å². The Balaban J connectivity index is 1.39. The summed E-state index contributed by atoms with van der Waals surface area (Å²) in [6.45, 7) is 14.9. The zero-order chi connectivity index (χ0) is 13.1. The van der Waals surface area contributed by atoms with Gasteiger partial charge in [-0.05, 0) is 6.54 Å². The summed E-state index contributed by atoms with van der Waals surface area (Å²) in [6, 6.07) is 0.809. The van der Waals surface area contributed by atoms with E-state index in [0.717, 1.165) is 38.8 Å². The second-order valence-electron chi connectivity index (χ2n) is 6.03. The lowest BCUT2D eigenvalue weighted by Gasteiger charge is -2.44. The van der Waals surface area contributed by atoms with Gasteiger partial charge in [-0.3, -0.25) is 14.7 Å². The van der Waals surface area contributed by atoms with Gasteiger partial charge in [0.25, 0.3) is 0 Å². The fraction of sp³-hybridized carbons (Fsp3) is 1.00. The van der Waals surface area contributed by atoms with Crippen LogP contribution in [-0.2, 0) is 4.74 Å². The smallest absolute Gasteiger partial charge is 0.0829 e. The summed E-state index contributed by atoms with van der Waals surface area (Å²) >= 11 is 0. The minimum Gasteiger partial charge on any atom is -0.374 e. The number of hydrogen-bond donors (Lipinski definition) is 1. The van der Waals surface area contributed by atoms with Gasteiger partial charge in [-0.1, -0.05) is 6.92 Å². The molecule has 0 saturated carbocycles. The molecule has 0 aromatic rings. The molecule has 0 radical (unpaired) electrons. The van der Waals surface area contributed by atoms with E-state index in [1.807, 2.05) is 0 Å². The van der Waals surface area contributed by atoms with E-state index in [9.17, 15) is 0 Å².